The van der Waals surface area contributed by atoms with E-state index in [0.717, 1.165) is 23.6 Å². The lowest BCUT2D eigenvalue weighted by Crippen LogP contribution is -2.43. The van der Waals surface area contributed by atoms with Crippen LogP contribution in [0.2, 0.25) is 0 Å². The molecule has 0 aliphatic heterocycles. The molecule has 0 saturated carbocycles. The molecule has 2 aromatic carbocycles. The molecule has 1 N–H and O–H groups in total. The molecule has 0 saturated heterocycles. The molecule has 0 fully saturated rings. The second-order valence-electron chi connectivity index (χ2n) is 4.89. The fourth-order valence-electron chi connectivity index (χ4n) is 2.29. The van der Waals surface area contributed by atoms with Crippen molar-refractivity contribution in [2.24, 2.45) is 0 Å². The predicted octanol–water partition coefficient (Wildman–Crippen LogP) is 3.95. The van der Waals surface area contributed by atoms with Gasteiger partial charge in [0.2, 0.25) is 0 Å². The van der Waals surface area contributed by atoms with Crippen LogP contribution in [0.5, 0.6) is 0 Å². The molecule has 3 heteroatoms. The minimum atomic E-state index is -0.616. The van der Waals surface area contributed by atoms with Gasteiger partial charge < -0.3 is 0 Å². The van der Waals surface area contributed by atoms with Gasteiger partial charge in [-0.25, -0.2) is 0 Å². The molecule has 2 aromatic rings. The van der Waals surface area contributed by atoms with Crippen LogP contribution in [-0.2, 0) is 11.3 Å². The molecule has 108 valence electrons. The first kappa shape index (κ1) is 15.6. The van der Waals surface area contributed by atoms with E-state index in [1.54, 1.807) is 11.8 Å². The van der Waals surface area contributed by atoms with Crippen molar-refractivity contribution in [1.82, 2.24) is 5.32 Å². The van der Waals surface area contributed by atoms with E-state index in [-0.39, 0.29) is 0 Å². The Kier molecular flexibility index (Phi) is 5.86. The van der Waals surface area contributed by atoms with Gasteiger partial charge in [0.1, 0.15) is 5.54 Å². The molecule has 0 aromatic heterocycles. The summed E-state index contributed by atoms with van der Waals surface area (Å²) in [5.74, 6) is 1.65. The summed E-state index contributed by atoms with van der Waals surface area (Å²) in [6.45, 7) is 2.81. The summed E-state index contributed by atoms with van der Waals surface area (Å²) in [5.41, 5.74) is 1.71. The fraction of sp³-hybridized carbons (Fsp3) is 0.278. The number of benzene rings is 2. The van der Waals surface area contributed by atoms with E-state index in [1.807, 2.05) is 43.3 Å². The zero-order valence-electron chi connectivity index (χ0n) is 12.3. The van der Waals surface area contributed by atoms with E-state index < -0.39 is 5.54 Å². The molecule has 0 aliphatic carbocycles. The molecular formula is C18H20N2S. The summed E-state index contributed by atoms with van der Waals surface area (Å²) in [4.78, 5) is 0. The quantitative estimate of drug-likeness (QED) is 0.840. The van der Waals surface area contributed by atoms with Crippen LogP contribution >= 0.6 is 11.8 Å². The molecule has 2 nitrogen and oxygen atoms in total. The van der Waals surface area contributed by atoms with Crippen molar-refractivity contribution in [1.29, 1.82) is 5.26 Å². The minimum absolute atomic E-state index is 0.616. The Labute approximate surface area is 131 Å². The maximum absolute atomic E-state index is 9.73. The maximum Gasteiger partial charge on any atom is 0.141 e. The minimum Gasteiger partial charge on any atom is -0.295 e. The van der Waals surface area contributed by atoms with Crippen molar-refractivity contribution in [2.75, 3.05) is 12.3 Å². The average molecular weight is 296 g/mol. The molecule has 0 heterocycles. The lowest BCUT2D eigenvalue weighted by Gasteiger charge is -2.27. The Balaban J connectivity index is 2.09. The van der Waals surface area contributed by atoms with Gasteiger partial charge in [-0.1, -0.05) is 67.6 Å². The summed E-state index contributed by atoms with van der Waals surface area (Å²) in [6, 6.07) is 22.9. The smallest absolute Gasteiger partial charge is 0.141 e. The highest BCUT2D eigenvalue weighted by atomic mass is 32.2. The molecule has 21 heavy (non-hydrogen) atoms. The first-order valence-electron chi connectivity index (χ1n) is 7.14. The van der Waals surface area contributed by atoms with Crippen LogP contribution in [0.4, 0.5) is 0 Å². The first-order valence-corrected chi connectivity index (χ1v) is 8.29. The zero-order valence-corrected chi connectivity index (χ0v) is 13.1. The second-order valence-corrected chi connectivity index (χ2v) is 5.88. The van der Waals surface area contributed by atoms with Crippen molar-refractivity contribution in [3.63, 3.8) is 0 Å². The van der Waals surface area contributed by atoms with Crippen LogP contribution in [0.15, 0.2) is 60.7 Å². The highest BCUT2D eigenvalue weighted by Gasteiger charge is 2.30. The van der Waals surface area contributed by atoms with Gasteiger partial charge >= 0.3 is 0 Å². The Morgan fingerprint density at radius 2 is 1.67 bits per heavy atom. The highest BCUT2D eigenvalue weighted by Crippen LogP contribution is 2.27. The summed E-state index contributed by atoms with van der Waals surface area (Å²) >= 11 is 1.79. The SMILES string of the molecule is CCNC(C#N)(CSCc1ccccc1)c1ccccc1. The third-order valence-electron chi connectivity index (χ3n) is 3.37. The topological polar surface area (TPSA) is 35.8 Å². The lowest BCUT2D eigenvalue weighted by atomic mass is 9.93. The normalized spacial score (nSPS) is 13.3. The van der Waals surface area contributed by atoms with Gasteiger partial charge in [-0.2, -0.15) is 17.0 Å². The van der Waals surface area contributed by atoms with Crippen LogP contribution in [-0.4, -0.2) is 12.3 Å². The third-order valence-corrected chi connectivity index (χ3v) is 4.54. The van der Waals surface area contributed by atoms with E-state index in [0.29, 0.717) is 0 Å². The van der Waals surface area contributed by atoms with Gasteiger partial charge in [0.05, 0.1) is 6.07 Å². The summed E-state index contributed by atoms with van der Waals surface area (Å²) in [7, 11) is 0. The zero-order chi connectivity index (χ0) is 15.0. The predicted molar refractivity (Wildman–Crippen MR) is 90.0 cm³/mol. The number of hydrogen-bond donors (Lipinski definition) is 1. The molecule has 0 aliphatic rings. The van der Waals surface area contributed by atoms with Gasteiger partial charge in [0.25, 0.3) is 0 Å². The lowest BCUT2D eigenvalue weighted by molar-refractivity contribution is 0.490. The molecule has 2 rings (SSSR count). The van der Waals surface area contributed by atoms with E-state index >= 15 is 0 Å². The van der Waals surface area contributed by atoms with Crippen molar-refractivity contribution < 1.29 is 0 Å². The Morgan fingerprint density at radius 1 is 1.05 bits per heavy atom. The Morgan fingerprint density at radius 3 is 2.24 bits per heavy atom. The largest absolute Gasteiger partial charge is 0.295 e. The van der Waals surface area contributed by atoms with E-state index in [2.05, 4.69) is 35.7 Å². The molecule has 0 amide bonds. The molecule has 1 atom stereocenters. The van der Waals surface area contributed by atoms with E-state index in [4.69, 9.17) is 0 Å². The van der Waals surface area contributed by atoms with Gasteiger partial charge in [0, 0.05) is 11.5 Å². The van der Waals surface area contributed by atoms with E-state index in [1.165, 1.54) is 5.56 Å². The van der Waals surface area contributed by atoms with Crippen molar-refractivity contribution >= 4 is 11.8 Å². The number of nitrogens with zero attached hydrogens (tertiary/aromatic N) is 1. The van der Waals surface area contributed by atoms with Crippen molar-refractivity contribution in [2.45, 2.75) is 18.2 Å². The number of nitrogens with one attached hydrogen (secondary N) is 1. The number of nitriles is 1. The first-order chi connectivity index (χ1) is 10.3. The fourth-order valence-corrected chi connectivity index (χ4v) is 3.46. The van der Waals surface area contributed by atoms with E-state index in [9.17, 15) is 5.26 Å². The summed E-state index contributed by atoms with van der Waals surface area (Å²) in [6.07, 6.45) is 0. The van der Waals surface area contributed by atoms with Gasteiger partial charge in [-0.3, -0.25) is 5.32 Å². The summed E-state index contributed by atoms with van der Waals surface area (Å²) < 4.78 is 0. The van der Waals surface area contributed by atoms with Gasteiger partial charge in [-0.15, -0.1) is 0 Å². The van der Waals surface area contributed by atoms with Gasteiger partial charge in [-0.05, 0) is 17.7 Å². The van der Waals surface area contributed by atoms with Crippen LogP contribution in [0.1, 0.15) is 18.1 Å². The van der Waals surface area contributed by atoms with Crippen molar-refractivity contribution in [3.05, 3.63) is 71.8 Å². The average Bonchev–Trinajstić information content (AvgIpc) is 2.56. The number of hydrogen-bond acceptors (Lipinski definition) is 3. The van der Waals surface area contributed by atoms with Crippen LogP contribution in [0, 0.1) is 11.3 Å². The molecule has 0 bridgehead atoms. The van der Waals surface area contributed by atoms with Crippen molar-refractivity contribution in [3.8, 4) is 6.07 Å². The van der Waals surface area contributed by atoms with Crippen LogP contribution < -0.4 is 5.32 Å². The highest BCUT2D eigenvalue weighted by molar-refractivity contribution is 7.98. The third kappa shape index (κ3) is 4.10. The molecule has 0 radical (unpaired) electrons. The Bertz CT molecular complexity index is 577. The molecule has 1 unspecified atom stereocenters. The molecule has 0 spiro atoms. The van der Waals surface area contributed by atoms with Crippen LogP contribution in [0.3, 0.4) is 0 Å². The number of thioether (sulfide) groups is 1. The van der Waals surface area contributed by atoms with Gasteiger partial charge in [0.15, 0.2) is 0 Å². The standard InChI is InChI=1S/C18H20N2S/c1-2-20-18(14-19,17-11-7-4-8-12-17)15-21-13-16-9-5-3-6-10-16/h3-12,20H,2,13,15H2,1H3. The second kappa shape index (κ2) is 7.87. The number of rotatable bonds is 7. The summed E-state index contributed by atoms with van der Waals surface area (Å²) in [5, 5.41) is 13.1. The molecular weight excluding hydrogens is 276 g/mol. The Hall–Kier alpha value is -1.76. The maximum atomic E-state index is 9.73. The van der Waals surface area contributed by atoms with Crippen LogP contribution in [0.25, 0.3) is 0 Å². The monoisotopic (exact) mass is 296 g/mol.